The average Bonchev–Trinajstić information content (AvgIpc) is 2.94. The first-order valence-electron chi connectivity index (χ1n) is 6.66. The molecule has 0 saturated carbocycles. The number of aromatic nitrogens is 1. The number of anilines is 2. The molecule has 1 aromatic heterocycles. The molecule has 0 aliphatic carbocycles. The minimum absolute atomic E-state index is 0.0681. The molecule has 0 bridgehead atoms. The molecule has 23 heavy (non-hydrogen) atoms. The van der Waals surface area contributed by atoms with Crippen LogP contribution in [0.1, 0.15) is 9.67 Å². The monoisotopic (exact) mass is 345 g/mol. The number of hydrogen-bond acceptors (Lipinski definition) is 5. The van der Waals surface area contributed by atoms with Crippen molar-refractivity contribution in [2.75, 3.05) is 11.1 Å². The van der Waals surface area contributed by atoms with Crippen molar-refractivity contribution in [2.24, 2.45) is 0 Å². The van der Waals surface area contributed by atoms with Crippen LogP contribution in [-0.4, -0.2) is 16.0 Å². The number of phenolic OH excluding ortho intramolecular Hbond substituents is 1. The van der Waals surface area contributed by atoms with E-state index in [-0.39, 0.29) is 11.4 Å². The Bertz CT molecular complexity index is 865. The van der Waals surface area contributed by atoms with E-state index < -0.39 is 5.91 Å². The molecule has 1 amide bonds. The fourth-order valence-corrected chi connectivity index (χ4v) is 2.99. The van der Waals surface area contributed by atoms with Crippen molar-refractivity contribution >= 4 is 39.7 Å². The van der Waals surface area contributed by atoms with Crippen LogP contribution in [0.5, 0.6) is 5.75 Å². The number of phenols is 1. The normalized spacial score (nSPS) is 10.5. The lowest BCUT2D eigenvalue weighted by atomic mass is 10.1. The van der Waals surface area contributed by atoms with Gasteiger partial charge < -0.3 is 16.2 Å². The zero-order valence-electron chi connectivity index (χ0n) is 11.8. The lowest BCUT2D eigenvalue weighted by molar-refractivity contribution is 0.103. The first-order valence-corrected chi connectivity index (χ1v) is 7.85. The maximum Gasteiger partial charge on any atom is 0.268 e. The van der Waals surface area contributed by atoms with Gasteiger partial charge in [0.1, 0.15) is 10.6 Å². The first kappa shape index (κ1) is 15.3. The fourth-order valence-electron chi connectivity index (χ4n) is 2.07. The highest BCUT2D eigenvalue weighted by atomic mass is 35.5. The van der Waals surface area contributed by atoms with Gasteiger partial charge in [0.05, 0.1) is 11.4 Å². The van der Waals surface area contributed by atoms with Crippen molar-refractivity contribution in [3.8, 4) is 17.0 Å². The van der Waals surface area contributed by atoms with Gasteiger partial charge in [-0.25, -0.2) is 4.98 Å². The summed E-state index contributed by atoms with van der Waals surface area (Å²) in [5, 5.41) is 13.1. The summed E-state index contributed by atoms with van der Waals surface area (Å²) in [4.78, 5) is 17.1. The Kier molecular flexibility index (Phi) is 4.18. The Hall–Kier alpha value is -2.57. The van der Waals surface area contributed by atoms with Gasteiger partial charge in [-0.1, -0.05) is 53.3 Å². The molecule has 0 atom stereocenters. The molecule has 3 rings (SSSR count). The molecule has 2 aromatic carbocycles. The first-order chi connectivity index (χ1) is 11.0. The van der Waals surface area contributed by atoms with Gasteiger partial charge in [-0.3, -0.25) is 4.79 Å². The zero-order valence-corrected chi connectivity index (χ0v) is 13.4. The highest BCUT2D eigenvalue weighted by molar-refractivity contribution is 7.17. The fraction of sp³-hybridized carbons (Fsp3) is 0. The molecule has 0 radical (unpaired) electrons. The second kappa shape index (κ2) is 6.28. The maximum atomic E-state index is 12.5. The zero-order chi connectivity index (χ0) is 16.4. The van der Waals surface area contributed by atoms with Gasteiger partial charge in [-0.2, -0.15) is 0 Å². The van der Waals surface area contributed by atoms with E-state index in [1.807, 2.05) is 30.3 Å². The minimum atomic E-state index is -0.407. The molecular weight excluding hydrogens is 334 g/mol. The van der Waals surface area contributed by atoms with Gasteiger partial charge in [0, 0.05) is 10.6 Å². The highest BCUT2D eigenvalue weighted by Gasteiger charge is 2.19. The Balaban J connectivity index is 1.96. The summed E-state index contributed by atoms with van der Waals surface area (Å²) in [7, 11) is 0. The van der Waals surface area contributed by atoms with Gasteiger partial charge >= 0.3 is 0 Å². The van der Waals surface area contributed by atoms with Crippen LogP contribution in [0, 0.1) is 0 Å². The number of rotatable bonds is 3. The number of nitrogens with zero attached hydrogens (tertiary/aromatic N) is 1. The van der Waals surface area contributed by atoms with Crippen LogP contribution in [0.3, 0.4) is 0 Å². The van der Waals surface area contributed by atoms with Gasteiger partial charge in [-0.15, -0.1) is 0 Å². The summed E-state index contributed by atoms with van der Waals surface area (Å²) in [6.07, 6.45) is 0. The van der Waals surface area contributed by atoms with E-state index in [9.17, 15) is 9.90 Å². The number of hydrogen-bond donors (Lipinski definition) is 3. The molecule has 116 valence electrons. The van der Waals surface area contributed by atoms with Crippen LogP contribution in [0.15, 0.2) is 48.5 Å². The SMILES string of the molecule is Nc1nc(-c2ccccc2)c(C(=O)Nc2cc(Cl)ccc2O)s1. The summed E-state index contributed by atoms with van der Waals surface area (Å²) in [6.45, 7) is 0. The van der Waals surface area contributed by atoms with Crippen LogP contribution < -0.4 is 11.1 Å². The third kappa shape index (κ3) is 3.28. The van der Waals surface area contributed by atoms with Gasteiger partial charge in [0.2, 0.25) is 0 Å². The number of aromatic hydroxyl groups is 1. The molecule has 4 N–H and O–H groups in total. The number of nitrogen functional groups attached to an aromatic ring is 1. The Morgan fingerprint density at radius 2 is 1.96 bits per heavy atom. The van der Waals surface area contributed by atoms with Crippen molar-refractivity contribution in [2.45, 2.75) is 0 Å². The van der Waals surface area contributed by atoms with Crippen LogP contribution in [0.4, 0.5) is 10.8 Å². The van der Waals surface area contributed by atoms with Crippen LogP contribution in [0.2, 0.25) is 5.02 Å². The van der Waals surface area contributed by atoms with E-state index in [1.54, 1.807) is 0 Å². The van der Waals surface area contributed by atoms with E-state index in [0.717, 1.165) is 16.9 Å². The number of nitrogens with two attached hydrogens (primary N) is 1. The van der Waals surface area contributed by atoms with E-state index >= 15 is 0 Å². The maximum absolute atomic E-state index is 12.5. The molecule has 0 aliphatic rings. The molecule has 5 nitrogen and oxygen atoms in total. The lowest BCUT2D eigenvalue weighted by Crippen LogP contribution is -2.11. The lowest BCUT2D eigenvalue weighted by Gasteiger charge is -2.07. The topological polar surface area (TPSA) is 88.2 Å². The molecule has 3 aromatic rings. The predicted octanol–water partition coefficient (Wildman–Crippen LogP) is 4.00. The quantitative estimate of drug-likeness (QED) is 0.626. The van der Waals surface area contributed by atoms with E-state index in [2.05, 4.69) is 10.3 Å². The third-order valence-corrected chi connectivity index (χ3v) is 4.22. The molecule has 7 heteroatoms. The van der Waals surface area contributed by atoms with Crippen LogP contribution in [-0.2, 0) is 0 Å². The summed E-state index contributed by atoms with van der Waals surface area (Å²) in [6, 6.07) is 13.7. The Morgan fingerprint density at radius 3 is 2.70 bits per heavy atom. The van der Waals surface area contributed by atoms with E-state index in [0.29, 0.717) is 20.7 Å². The Morgan fingerprint density at radius 1 is 1.22 bits per heavy atom. The molecule has 0 spiro atoms. The number of benzene rings is 2. The van der Waals surface area contributed by atoms with Crippen molar-refractivity contribution < 1.29 is 9.90 Å². The molecule has 0 saturated heterocycles. The average molecular weight is 346 g/mol. The molecule has 0 aliphatic heterocycles. The molecule has 0 fully saturated rings. The molecule has 1 heterocycles. The summed E-state index contributed by atoms with van der Waals surface area (Å²) >= 11 is 6.97. The number of carbonyl (C=O) groups is 1. The van der Waals surface area contributed by atoms with Crippen LogP contribution in [0.25, 0.3) is 11.3 Å². The van der Waals surface area contributed by atoms with E-state index in [4.69, 9.17) is 17.3 Å². The largest absolute Gasteiger partial charge is 0.506 e. The molecule has 0 unspecified atom stereocenters. The third-order valence-electron chi connectivity index (χ3n) is 3.10. The number of halogens is 1. The van der Waals surface area contributed by atoms with Crippen LogP contribution >= 0.6 is 22.9 Å². The second-order valence-electron chi connectivity index (χ2n) is 4.71. The number of thiazole rings is 1. The summed E-state index contributed by atoms with van der Waals surface area (Å²) in [5.74, 6) is -0.475. The van der Waals surface area contributed by atoms with Crippen molar-refractivity contribution in [3.05, 3.63) is 58.4 Å². The predicted molar refractivity (Wildman–Crippen MR) is 93.0 cm³/mol. The van der Waals surface area contributed by atoms with Gasteiger partial charge in [0.15, 0.2) is 5.13 Å². The standard InChI is InChI=1S/C16H12ClN3O2S/c17-10-6-7-12(21)11(8-10)19-15(22)14-13(20-16(18)23-14)9-4-2-1-3-5-9/h1-8,21H,(H2,18,20)(H,19,22). The Labute approximate surface area is 141 Å². The van der Waals surface area contributed by atoms with Gasteiger partial charge in [0.25, 0.3) is 5.91 Å². The van der Waals surface area contributed by atoms with Crippen molar-refractivity contribution in [3.63, 3.8) is 0 Å². The summed E-state index contributed by atoms with van der Waals surface area (Å²) < 4.78 is 0. The minimum Gasteiger partial charge on any atom is -0.506 e. The van der Waals surface area contributed by atoms with E-state index in [1.165, 1.54) is 18.2 Å². The van der Waals surface area contributed by atoms with Crippen molar-refractivity contribution in [1.29, 1.82) is 0 Å². The smallest absolute Gasteiger partial charge is 0.268 e. The molecular formula is C16H12ClN3O2S. The van der Waals surface area contributed by atoms with Crippen molar-refractivity contribution in [1.82, 2.24) is 4.98 Å². The number of nitrogens with one attached hydrogen (secondary N) is 1. The van der Waals surface area contributed by atoms with Gasteiger partial charge in [-0.05, 0) is 18.2 Å². The second-order valence-corrected chi connectivity index (χ2v) is 6.18. The number of carbonyl (C=O) groups excluding carboxylic acids is 1. The highest BCUT2D eigenvalue weighted by Crippen LogP contribution is 2.32. The number of amides is 1. The summed E-state index contributed by atoms with van der Waals surface area (Å²) in [5.41, 5.74) is 7.29.